The van der Waals surface area contributed by atoms with Crippen LogP contribution in [0.25, 0.3) is 0 Å². The second-order valence-corrected chi connectivity index (χ2v) is 11.8. The Bertz CT molecular complexity index is 1270. The summed E-state index contributed by atoms with van der Waals surface area (Å²) in [5, 5.41) is 6.46. The summed E-state index contributed by atoms with van der Waals surface area (Å²) in [7, 11) is 5.17. The van der Waals surface area contributed by atoms with Crippen molar-refractivity contribution in [2.24, 2.45) is 5.41 Å². The quantitative estimate of drug-likeness (QED) is 0.524. The first-order chi connectivity index (χ1) is 19.4. The van der Waals surface area contributed by atoms with E-state index in [1.54, 1.807) is 37.4 Å². The van der Waals surface area contributed by atoms with E-state index in [1.165, 1.54) is 12.8 Å². The maximum atomic E-state index is 13.3. The monoisotopic (exact) mass is 548 g/mol. The zero-order valence-electron chi connectivity index (χ0n) is 23.7. The molecule has 3 fully saturated rings. The topological polar surface area (TPSA) is 109 Å². The second kappa shape index (κ2) is 10.9. The summed E-state index contributed by atoms with van der Waals surface area (Å²) >= 11 is 0. The Balaban J connectivity index is 1.22. The van der Waals surface area contributed by atoms with Gasteiger partial charge in [-0.15, -0.1) is 0 Å². The van der Waals surface area contributed by atoms with Gasteiger partial charge >= 0.3 is 0 Å². The molecule has 1 spiro atoms. The molecular weight excluding hydrogens is 508 g/mol. The van der Waals surface area contributed by atoms with Crippen LogP contribution in [0.4, 0.5) is 23.1 Å². The molecule has 2 aromatic rings. The van der Waals surface area contributed by atoms with Gasteiger partial charge in [-0.2, -0.15) is 4.98 Å². The highest BCUT2D eigenvalue weighted by molar-refractivity contribution is 6.03. The maximum absolute atomic E-state index is 13.3. The lowest BCUT2D eigenvalue weighted by molar-refractivity contribution is -0.122. The van der Waals surface area contributed by atoms with Crippen LogP contribution in [0, 0.1) is 5.41 Å². The Morgan fingerprint density at radius 3 is 2.50 bits per heavy atom. The Labute approximate surface area is 235 Å². The number of carbonyl (C=O) groups excluding carboxylic acids is 2. The van der Waals surface area contributed by atoms with E-state index in [2.05, 4.69) is 20.5 Å². The molecule has 40 heavy (non-hydrogen) atoms. The number of ether oxygens (including phenoxy) is 2. The molecule has 0 unspecified atom stereocenters. The van der Waals surface area contributed by atoms with Crippen LogP contribution in [-0.2, 0) is 9.53 Å². The van der Waals surface area contributed by atoms with Crippen LogP contribution in [0.5, 0.6) is 5.75 Å². The van der Waals surface area contributed by atoms with Crippen molar-refractivity contribution < 1.29 is 19.1 Å². The third-order valence-corrected chi connectivity index (χ3v) is 9.29. The summed E-state index contributed by atoms with van der Waals surface area (Å²) in [6.45, 7) is 0.713. The number of fused-ring (bicyclic) bond motifs is 1. The third-order valence-electron chi connectivity index (χ3n) is 9.29. The number of benzene rings is 1. The molecule has 0 bridgehead atoms. The van der Waals surface area contributed by atoms with Crippen LogP contribution in [0.1, 0.15) is 74.6 Å². The minimum absolute atomic E-state index is 0.110. The van der Waals surface area contributed by atoms with Gasteiger partial charge in [-0.3, -0.25) is 9.59 Å². The number of anilines is 4. The molecule has 3 aliphatic carbocycles. The number of nitrogens with one attached hydrogen (secondary N) is 2. The van der Waals surface area contributed by atoms with Crippen LogP contribution in [-0.4, -0.2) is 67.8 Å². The molecule has 2 heterocycles. The molecule has 3 saturated carbocycles. The molecular formula is C30H40N6O4. The fourth-order valence-corrected chi connectivity index (χ4v) is 6.62. The van der Waals surface area contributed by atoms with Gasteiger partial charge in [-0.1, -0.05) is 12.8 Å². The normalized spacial score (nSPS) is 24.0. The SMILES string of the molecule is COc1cc(C(=O)NC2CCC(OC)CC2)ccc1Nc1ncc2c(n1)N(C1CCCC1)CC1(CC1)C(=O)N2C. The number of methoxy groups -OCH3 is 2. The molecule has 10 nitrogen and oxygen atoms in total. The number of carbonyl (C=O) groups is 2. The molecule has 0 radical (unpaired) electrons. The lowest BCUT2D eigenvalue weighted by atomic mass is 9.93. The number of nitrogens with zero attached hydrogens (tertiary/aromatic N) is 4. The fraction of sp³-hybridized carbons (Fsp3) is 0.600. The molecule has 214 valence electrons. The lowest BCUT2D eigenvalue weighted by Crippen LogP contribution is -2.41. The van der Waals surface area contributed by atoms with Crippen molar-refractivity contribution in [1.82, 2.24) is 15.3 Å². The van der Waals surface area contributed by atoms with E-state index in [1.807, 2.05) is 13.1 Å². The highest BCUT2D eigenvalue weighted by Gasteiger charge is 2.55. The van der Waals surface area contributed by atoms with E-state index in [0.717, 1.165) is 62.9 Å². The van der Waals surface area contributed by atoms with Crippen molar-refractivity contribution in [2.75, 3.05) is 42.9 Å². The second-order valence-electron chi connectivity index (χ2n) is 11.8. The fourth-order valence-electron chi connectivity index (χ4n) is 6.62. The van der Waals surface area contributed by atoms with Gasteiger partial charge in [-0.05, 0) is 69.6 Å². The predicted molar refractivity (Wildman–Crippen MR) is 154 cm³/mol. The molecule has 2 N–H and O–H groups in total. The molecule has 1 aromatic carbocycles. The van der Waals surface area contributed by atoms with Crippen molar-refractivity contribution in [3.8, 4) is 5.75 Å². The van der Waals surface area contributed by atoms with Crippen LogP contribution in [0.3, 0.4) is 0 Å². The maximum Gasteiger partial charge on any atom is 0.251 e. The standard InChI is InChI=1S/C30H40N6O4/c1-35-24-17-31-29(34-26(24)36(21-6-4-5-7-21)18-30(14-15-30)28(35)38)33-23-13-8-19(16-25(23)40-3)27(37)32-20-9-11-22(39-2)12-10-20/h8,13,16-17,20-22H,4-7,9-12,14-15,18H2,1-3H3,(H,32,37)(H,31,33,34). The Kier molecular flexibility index (Phi) is 7.29. The number of aromatic nitrogens is 2. The van der Waals surface area contributed by atoms with Crippen molar-refractivity contribution in [3.63, 3.8) is 0 Å². The molecule has 10 heteroatoms. The van der Waals surface area contributed by atoms with E-state index in [9.17, 15) is 9.59 Å². The number of hydrogen-bond acceptors (Lipinski definition) is 8. The van der Waals surface area contributed by atoms with E-state index < -0.39 is 0 Å². The molecule has 1 aromatic heterocycles. The first kappa shape index (κ1) is 26.8. The van der Waals surface area contributed by atoms with Gasteiger partial charge in [-0.25, -0.2) is 4.98 Å². The number of amides is 2. The van der Waals surface area contributed by atoms with Crippen LogP contribution >= 0.6 is 0 Å². The van der Waals surface area contributed by atoms with Gasteiger partial charge in [0.25, 0.3) is 5.91 Å². The predicted octanol–water partition coefficient (Wildman–Crippen LogP) is 4.42. The van der Waals surface area contributed by atoms with Gasteiger partial charge in [0.15, 0.2) is 5.82 Å². The summed E-state index contributed by atoms with van der Waals surface area (Å²) in [5.74, 6) is 1.83. The van der Waals surface area contributed by atoms with Gasteiger partial charge in [0, 0.05) is 38.3 Å². The van der Waals surface area contributed by atoms with Gasteiger partial charge in [0.05, 0.1) is 30.5 Å². The van der Waals surface area contributed by atoms with E-state index in [4.69, 9.17) is 14.5 Å². The van der Waals surface area contributed by atoms with Gasteiger partial charge in [0.1, 0.15) is 11.4 Å². The smallest absolute Gasteiger partial charge is 0.251 e. The molecule has 1 aliphatic heterocycles. The zero-order valence-corrected chi connectivity index (χ0v) is 23.7. The Morgan fingerprint density at radius 1 is 1.07 bits per heavy atom. The first-order valence-electron chi connectivity index (χ1n) is 14.6. The minimum Gasteiger partial charge on any atom is -0.495 e. The van der Waals surface area contributed by atoms with Crippen LogP contribution < -0.4 is 25.2 Å². The van der Waals surface area contributed by atoms with Crippen molar-refractivity contribution in [1.29, 1.82) is 0 Å². The molecule has 4 aliphatic rings. The highest BCUT2D eigenvalue weighted by atomic mass is 16.5. The number of rotatable bonds is 7. The summed E-state index contributed by atoms with van der Waals surface area (Å²) in [5.41, 5.74) is 1.67. The first-order valence-corrected chi connectivity index (χ1v) is 14.6. The summed E-state index contributed by atoms with van der Waals surface area (Å²) < 4.78 is 11.1. The van der Waals surface area contributed by atoms with E-state index in [-0.39, 0.29) is 29.4 Å². The molecule has 0 atom stereocenters. The lowest BCUT2D eigenvalue weighted by Gasteiger charge is -2.31. The zero-order chi connectivity index (χ0) is 27.9. The summed E-state index contributed by atoms with van der Waals surface area (Å²) in [6, 6.07) is 5.90. The average Bonchev–Trinajstić information content (AvgIpc) is 3.59. The third kappa shape index (κ3) is 5.09. The number of hydrogen-bond donors (Lipinski definition) is 2. The van der Waals surface area contributed by atoms with Crippen molar-refractivity contribution in [3.05, 3.63) is 30.0 Å². The minimum atomic E-state index is -0.297. The van der Waals surface area contributed by atoms with Crippen LogP contribution in [0.2, 0.25) is 0 Å². The Morgan fingerprint density at radius 2 is 1.82 bits per heavy atom. The van der Waals surface area contributed by atoms with Crippen molar-refractivity contribution in [2.45, 2.75) is 82.4 Å². The highest BCUT2D eigenvalue weighted by Crippen LogP contribution is 2.52. The van der Waals surface area contributed by atoms with Gasteiger partial charge in [0.2, 0.25) is 11.9 Å². The molecule has 0 saturated heterocycles. The largest absolute Gasteiger partial charge is 0.495 e. The summed E-state index contributed by atoms with van der Waals surface area (Å²) in [4.78, 5) is 40.0. The average molecular weight is 549 g/mol. The molecule has 6 rings (SSSR count). The van der Waals surface area contributed by atoms with E-state index >= 15 is 0 Å². The van der Waals surface area contributed by atoms with Crippen molar-refractivity contribution >= 4 is 35.0 Å². The summed E-state index contributed by atoms with van der Waals surface area (Å²) in [6.07, 6.45) is 12.3. The Hall–Kier alpha value is -3.40. The van der Waals surface area contributed by atoms with E-state index in [0.29, 0.717) is 35.5 Å². The molecule has 2 amide bonds. The van der Waals surface area contributed by atoms with Gasteiger partial charge < -0.3 is 29.9 Å². The van der Waals surface area contributed by atoms with Crippen LogP contribution in [0.15, 0.2) is 24.4 Å².